The van der Waals surface area contributed by atoms with E-state index in [1.807, 2.05) is 18.2 Å². The molecule has 2 aromatic carbocycles. The van der Waals surface area contributed by atoms with Crippen molar-refractivity contribution in [3.63, 3.8) is 0 Å². The van der Waals surface area contributed by atoms with Crippen LogP contribution in [0, 0.1) is 5.92 Å². The minimum absolute atomic E-state index is 0.0127. The normalized spacial score (nSPS) is 17.2. The number of nitrogens with one attached hydrogen (secondary N) is 2. The van der Waals surface area contributed by atoms with E-state index in [1.165, 1.54) is 12.5 Å². The van der Waals surface area contributed by atoms with Crippen molar-refractivity contribution in [2.24, 2.45) is 5.92 Å². The molecule has 0 radical (unpaired) electrons. The minimum atomic E-state index is -0.110. The summed E-state index contributed by atoms with van der Waals surface area (Å²) < 4.78 is 0. The van der Waals surface area contributed by atoms with Gasteiger partial charge in [0.1, 0.15) is 0 Å². The monoisotopic (exact) mass is 337 g/mol. The Morgan fingerprint density at radius 2 is 1.64 bits per heavy atom. The van der Waals surface area contributed by atoms with Crippen LogP contribution in [0.2, 0.25) is 0 Å². The van der Waals surface area contributed by atoms with Crippen molar-refractivity contribution in [2.45, 2.75) is 19.9 Å². The smallest absolute Gasteiger partial charge is 0.228 e. The van der Waals surface area contributed by atoms with Gasteiger partial charge in [-0.25, -0.2) is 0 Å². The molecule has 0 saturated carbocycles. The highest BCUT2D eigenvalue weighted by molar-refractivity contribution is 5.93. The van der Waals surface area contributed by atoms with Gasteiger partial charge in [-0.2, -0.15) is 0 Å². The van der Waals surface area contributed by atoms with Crippen LogP contribution in [-0.2, 0) is 16.1 Å². The molecule has 2 N–H and O–H groups in total. The molecule has 1 unspecified atom stereocenters. The third kappa shape index (κ3) is 4.90. The zero-order valence-electron chi connectivity index (χ0n) is 14.4. The van der Waals surface area contributed by atoms with Gasteiger partial charge in [0.2, 0.25) is 11.8 Å². The van der Waals surface area contributed by atoms with E-state index in [2.05, 4.69) is 27.7 Å². The Bertz CT molecular complexity index is 728. The number of likely N-dealkylation sites (tertiary alicyclic amines) is 1. The van der Waals surface area contributed by atoms with Crippen LogP contribution < -0.4 is 10.6 Å². The fourth-order valence-electron chi connectivity index (χ4n) is 3.12. The van der Waals surface area contributed by atoms with E-state index >= 15 is 0 Å². The first-order chi connectivity index (χ1) is 12.1. The Hall–Kier alpha value is -2.66. The number of amides is 2. The van der Waals surface area contributed by atoms with E-state index < -0.39 is 0 Å². The molecule has 130 valence electrons. The van der Waals surface area contributed by atoms with Gasteiger partial charge >= 0.3 is 0 Å². The van der Waals surface area contributed by atoms with Crippen LogP contribution in [0.15, 0.2) is 54.6 Å². The lowest BCUT2D eigenvalue weighted by Gasteiger charge is -2.16. The zero-order chi connectivity index (χ0) is 17.6. The maximum atomic E-state index is 12.5. The van der Waals surface area contributed by atoms with Crippen LogP contribution in [0.1, 0.15) is 18.9 Å². The van der Waals surface area contributed by atoms with Crippen molar-refractivity contribution in [3.05, 3.63) is 60.2 Å². The average Bonchev–Trinajstić information content (AvgIpc) is 3.06. The Morgan fingerprint density at radius 3 is 2.28 bits per heavy atom. The quantitative estimate of drug-likeness (QED) is 0.881. The van der Waals surface area contributed by atoms with Crippen molar-refractivity contribution >= 4 is 23.2 Å². The Balaban J connectivity index is 1.51. The van der Waals surface area contributed by atoms with Crippen molar-refractivity contribution in [1.82, 2.24) is 4.90 Å². The SMILES string of the molecule is CC(=O)Nc1ccc(NC(=O)C2CCN(Cc3ccccc3)C2)cc1. The van der Waals surface area contributed by atoms with Gasteiger partial charge in [-0.15, -0.1) is 0 Å². The van der Waals surface area contributed by atoms with Crippen LogP contribution >= 0.6 is 0 Å². The van der Waals surface area contributed by atoms with Crippen molar-refractivity contribution < 1.29 is 9.59 Å². The first-order valence-electron chi connectivity index (χ1n) is 8.55. The second-order valence-corrected chi connectivity index (χ2v) is 6.45. The molecule has 0 bridgehead atoms. The molecule has 1 fully saturated rings. The van der Waals surface area contributed by atoms with E-state index in [0.29, 0.717) is 0 Å². The van der Waals surface area contributed by atoms with Crippen molar-refractivity contribution in [3.8, 4) is 0 Å². The summed E-state index contributed by atoms with van der Waals surface area (Å²) in [4.78, 5) is 25.8. The molecule has 1 heterocycles. The van der Waals surface area contributed by atoms with Crippen LogP contribution in [0.5, 0.6) is 0 Å². The third-order valence-corrected chi connectivity index (χ3v) is 4.36. The number of anilines is 2. The molecule has 1 aliphatic heterocycles. The van der Waals surface area contributed by atoms with E-state index in [0.717, 1.165) is 37.4 Å². The Kier molecular flexibility index (Phi) is 5.46. The lowest BCUT2D eigenvalue weighted by molar-refractivity contribution is -0.119. The molecular formula is C20H23N3O2. The predicted octanol–water partition coefficient (Wildman–Crippen LogP) is 3.11. The van der Waals surface area contributed by atoms with Crippen molar-refractivity contribution in [1.29, 1.82) is 0 Å². The summed E-state index contributed by atoms with van der Waals surface area (Å²) in [5.41, 5.74) is 2.75. The van der Waals surface area contributed by atoms with Gasteiger partial charge in [-0.1, -0.05) is 30.3 Å². The first kappa shape index (κ1) is 17.2. The molecule has 0 aliphatic carbocycles. The average molecular weight is 337 g/mol. The lowest BCUT2D eigenvalue weighted by atomic mass is 10.1. The van der Waals surface area contributed by atoms with E-state index in [-0.39, 0.29) is 17.7 Å². The summed E-state index contributed by atoms with van der Waals surface area (Å²) in [6.07, 6.45) is 0.878. The van der Waals surface area contributed by atoms with Gasteiger partial charge in [0.15, 0.2) is 0 Å². The van der Waals surface area contributed by atoms with Crippen LogP contribution in [0.4, 0.5) is 11.4 Å². The highest BCUT2D eigenvalue weighted by Crippen LogP contribution is 2.21. The molecule has 3 rings (SSSR count). The first-order valence-corrected chi connectivity index (χ1v) is 8.55. The van der Waals surface area contributed by atoms with Crippen LogP contribution in [0.25, 0.3) is 0 Å². The summed E-state index contributed by atoms with van der Waals surface area (Å²) in [7, 11) is 0. The minimum Gasteiger partial charge on any atom is -0.326 e. The summed E-state index contributed by atoms with van der Waals surface area (Å²) in [6, 6.07) is 17.5. The third-order valence-electron chi connectivity index (χ3n) is 4.36. The van der Waals surface area contributed by atoms with Gasteiger partial charge in [0.25, 0.3) is 0 Å². The maximum Gasteiger partial charge on any atom is 0.228 e. The molecule has 25 heavy (non-hydrogen) atoms. The number of hydrogen-bond donors (Lipinski definition) is 2. The van der Waals surface area contributed by atoms with Gasteiger partial charge < -0.3 is 10.6 Å². The summed E-state index contributed by atoms with van der Waals surface area (Å²) in [5, 5.41) is 5.68. The van der Waals surface area contributed by atoms with Crippen molar-refractivity contribution in [2.75, 3.05) is 23.7 Å². The second-order valence-electron chi connectivity index (χ2n) is 6.45. The molecule has 0 spiro atoms. The predicted molar refractivity (Wildman–Crippen MR) is 99.2 cm³/mol. The molecule has 2 amide bonds. The highest BCUT2D eigenvalue weighted by Gasteiger charge is 2.28. The topological polar surface area (TPSA) is 61.4 Å². The number of carbonyl (C=O) groups excluding carboxylic acids is 2. The summed E-state index contributed by atoms with van der Waals surface area (Å²) >= 11 is 0. The van der Waals surface area contributed by atoms with E-state index in [1.54, 1.807) is 24.3 Å². The Labute approximate surface area is 148 Å². The fraction of sp³-hybridized carbons (Fsp3) is 0.300. The number of carbonyl (C=O) groups is 2. The number of hydrogen-bond acceptors (Lipinski definition) is 3. The lowest BCUT2D eigenvalue weighted by Crippen LogP contribution is -2.26. The van der Waals surface area contributed by atoms with Gasteiger partial charge in [-0.05, 0) is 42.8 Å². The van der Waals surface area contributed by atoms with E-state index in [4.69, 9.17) is 0 Å². The van der Waals surface area contributed by atoms with Crippen LogP contribution in [-0.4, -0.2) is 29.8 Å². The number of rotatable bonds is 5. The Morgan fingerprint density at radius 1 is 1.00 bits per heavy atom. The summed E-state index contributed by atoms with van der Waals surface area (Å²) in [5.74, 6) is -0.0391. The molecular weight excluding hydrogens is 314 g/mol. The number of benzene rings is 2. The van der Waals surface area contributed by atoms with Crippen LogP contribution in [0.3, 0.4) is 0 Å². The molecule has 5 nitrogen and oxygen atoms in total. The molecule has 1 aliphatic rings. The molecule has 0 aromatic heterocycles. The standard InChI is InChI=1S/C20H23N3O2/c1-15(24)21-18-7-9-19(10-8-18)22-20(25)17-11-12-23(14-17)13-16-5-3-2-4-6-16/h2-10,17H,11-14H2,1H3,(H,21,24)(H,22,25). The van der Waals surface area contributed by atoms with Gasteiger partial charge in [0, 0.05) is 31.4 Å². The largest absolute Gasteiger partial charge is 0.326 e. The van der Waals surface area contributed by atoms with E-state index in [9.17, 15) is 9.59 Å². The maximum absolute atomic E-state index is 12.5. The molecule has 2 aromatic rings. The fourth-order valence-corrected chi connectivity index (χ4v) is 3.12. The molecule has 5 heteroatoms. The highest BCUT2D eigenvalue weighted by atomic mass is 16.2. The van der Waals surface area contributed by atoms with Gasteiger partial charge in [-0.3, -0.25) is 14.5 Å². The zero-order valence-corrected chi connectivity index (χ0v) is 14.4. The number of nitrogens with zero attached hydrogens (tertiary/aromatic N) is 1. The van der Waals surface area contributed by atoms with Gasteiger partial charge in [0.05, 0.1) is 5.92 Å². The molecule has 1 atom stereocenters. The molecule has 1 saturated heterocycles. The second kappa shape index (κ2) is 7.94. The summed E-state index contributed by atoms with van der Waals surface area (Å²) in [6.45, 7) is 4.08.